The van der Waals surface area contributed by atoms with E-state index in [0.29, 0.717) is 10.0 Å². The second kappa shape index (κ2) is 6.92. The number of benzene rings is 1. The molecule has 1 aromatic heterocycles. The lowest BCUT2D eigenvalue weighted by atomic mass is 10.1. The summed E-state index contributed by atoms with van der Waals surface area (Å²) in [5.74, 6) is 0. The van der Waals surface area contributed by atoms with Crippen molar-refractivity contribution in [2.45, 2.75) is 13.0 Å². The molecule has 6 heteroatoms. The molecule has 2 rings (SSSR count). The second-order valence-corrected chi connectivity index (χ2v) is 7.97. The Morgan fingerprint density at radius 1 is 1.26 bits per heavy atom. The minimum absolute atomic E-state index is 0.00111. The molecular formula is C13H11Br2Cl2NS. The summed E-state index contributed by atoms with van der Waals surface area (Å²) in [7, 11) is 0. The van der Waals surface area contributed by atoms with E-state index in [1.165, 1.54) is 0 Å². The molecule has 1 aromatic carbocycles. The third kappa shape index (κ3) is 3.55. The Kier molecular flexibility index (Phi) is 5.76. The van der Waals surface area contributed by atoms with Crippen LogP contribution in [0.15, 0.2) is 32.5 Å². The standard InChI is InChI=1S/C13H11Br2Cl2NS/c1-2-18-12(10-6-7(14)13(15)19-10)11-8(16)4-3-5-9(11)17/h3-6,12,18H,2H2,1H3. The zero-order valence-electron chi connectivity index (χ0n) is 10.0. The molecule has 0 aliphatic rings. The van der Waals surface area contributed by atoms with Crippen LogP contribution in [0.4, 0.5) is 0 Å². The minimum Gasteiger partial charge on any atom is -0.306 e. The predicted molar refractivity (Wildman–Crippen MR) is 91.7 cm³/mol. The van der Waals surface area contributed by atoms with E-state index in [-0.39, 0.29) is 6.04 Å². The lowest BCUT2D eigenvalue weighted by molar-refractivity contribution is 0.640. The van der Waals surface area contributed by atoms with Crippen molar-refractivity contribution >= 4 is 66.4 Å². The highest BCUT2D eigenvalue weighted by molar-refractivity contribution is 9.13. The van der Waals surface area contributed by atoms with Gasteiger partial charge in [0.05, 0.1) is 9.83 Å². The van der Waals surface area contributed by atoms with Gasteiger partial charge in [-0.15, -0.1) is 11.3 Å². The molecule has 2 aromatic rings. The van der Waals surface area contributed by atoms with E-state index in [1.54, 1.807) is 11.3 Å². The highest BCUT2D eigenvalue weighted by Gasteiger charge is 2.21. The average Bonchev–Trinajstić information content (AvgIpc) is 2.68. The first-order valence-electron chi connectivity index (χ1n) is 5.66. The van der Waals surface area contributed by atoms with Gasteiger partial charge in [0.25, 0.3) is 0 Å². The smallest absolute Gasteiger partial charge is 0.0843 e. The summed E-state index contributed by atoms with van der Waals surface area (Å²) in [5.41, 5.74) is 0.925. The van der Waals surface area contributed by atoms with Crippen LogP contribution in [0.1, 0.15) is 23.4 Å². The molecule has 0 aliphatic heterocycles. The molecule has 102 valence electrons. The van der Waals surface area contributed by atoms with Crippen LogP contribution in [0.25, 0.3) is 0 Å². The van der Waals surface area contributed by atoms with Crippen LogP contribution in [0.3, 0.4) is 0 Å². The van der Waals surface area contributed by atoms with Crippen LogP contribution in [0.5, 0.6) is 0 Å². The van der Waals surface area contributed by atoms with Gasteiger partial charge in [-0.05, 0) is 56.6 Å². The van der Waals surface area contributed by atoms with Gasteiger partial charge in [0.15, 0.2) is 0 Å². The van der Waals surface area contributed by atoms with Gasteiger partial charge in [-0.3, -0.25) is 0 Å². The highest BCUT2D eigenvalue weighted by atomic mass is 79.9. The molecule has 1 nitrogen and oxygen atoms in total. The van der Waals surface area contributed by atoms with Gasteiger partial charge in [0.2, 0.25) is 0 Å². The first-order valence-corrected chi connectivity index (χ1v) is 8.82. The monoisotopic (exact) mass is 441 g/mol. The lowest BCUT2D eigenvalue weighted by Gasteiger charge is -2.19. The van der Waals surface area contributed by atoms with Crippen molar-refractivity contribution in [3.05, 3.63) is 53.0 Å². The first-order chi connectivity index (χ1) is 9.04. The Bertz CT molecular complexity index is 546. The van der Waals surface area contributed by atoms with Crippen LogP contribution in [-0.2, 0) is 0 Å². The van der Waals surface area contributed by atoms with Crippen LogP contribution in [0, 0.1) is 0 Å². The lowest BCUT2D eigenvalue weighted by Crippen LogP contribution is -2.21. The van der Waals surface area contributed by atoms with Gasteiger partial charge in [-0.25, -0.2) is 0 Å². The van der Waals surface area contributed by atoms with Gasteiger partial charge >= 0.3 is 0 Å². The van der Waals surface area contributed by atoms with Crippen LogP contribution < -0.4 is 5.32 Å². The summed E-state index contributed by atoms with van der Waals surface area (Å²) in [6, 6.07) is 7.67. The normalized spacial score (nSPS) is 12.7. The van der Waals surface area contributed by atoms with Crippen molar-refractivity contribution in [3.8, 4) is 0 Å². The number of hydrogen-bond acceptors (Lipinski definition) is 2. The molecule has 0 amide bonds. The Morgan fingerprint density at radius 3 is 2.37 bits per heavy atom. The number of rotatable bonds is 4. The number of halogens is 4. The molecule has 1 atom stereocenters. The maximum absolute atomic E-state index is 6.31. The molecule has 1 unspecified atom stereocenters. The fourth-order valence-electron chi connectivity index (χ4n) is 1.84. The first kappa shape index (κ1) is 15.8. The fourth-order valence-corrected chi connectivity index (χ4v) is 4.63. The molecular weight excluding hydrogens is 433 g/mol. The molecule has 0 saturated carbocycles. The maximum Gasteiger partial charge on any atom is 0.0843 e. The van der Waals surface area contributed by atoms with Crippen molar-refractivity contribution in [3.63, 3.8) is 0 Å². The van der Waals surface area contributed by atoms with Gasteiger partial charge in [-0.1, -0.05) is 36.2 Å². The average molecular weight is 444 g/mol. The van der Waals surface area contributed by atoms with Gasteiger partial charge in [0, 0.05) is 25.0 Å². The van der Waals surface area contributed by atoms with E-state index < -0.39 is 0 Å². The van der Waals surface area contributed by atoms with Crippen molar-refractivity contribution < 1.29 is 0 Å². The van der Waals surface area contributed by atoms with Crippen LogP contribution in [-0.4, -0.2) is 6.54 Å². The fraction of sp³-hybridized carbons (Fsp3) is 0.231. The van der Waals surface area contributed by atoms with Crippen LogP contribution in [0.2, 0.25) is 10.0 Å². The van der Waals surface area contributed by atoms with E-state index in [1.807, 2.05) is 18.2 Å². The summed E-state index contributed by atoms with van der Waals surface area (Å²) in [6.07, 6.45) is 0. The third-order valence-electron chi connectivity index (χ3n) is 2.65. The number of thiophene rings is 1. The number of hydrogen-bond donors (Lipinski definition) is 1. The van der Waals surface area contributed by atoms with Gasteiger partial charge < -0.3 is 5.32 Å². The Labute approximate surface area is 143 Å². The second-order valence-electron chi connectivity index (χ2n) is 3.90. The van der Waals surface area contributed by atoms with E-state index in [0.717, 1.165) is 25.2 Å². The summed E-state index contributed by atoms with van der Waals surface area (Å²) in [4.78, 5) is 1.16. The summed E-state index contributed by atoms with van der Waals surface area (Å²) in [5, 5.41) is 4.80. The minimum atomic E-state index is -0.00111. The number of nitrogens with one attached hydrogen (secondary N) is 1. The van der Waals surface area contributed by atoms with Gasteiger partial charge in [0.1, 0.15) is 0 Å². The van der Waals surface area contributed by atoms with E-state index >= 15 is 0 Å². The SMILES string of the molecule is CCNC(c1cc(Br)c(Br)s1)c1c(Cl)cccc1Cl. The predicted octanol–water partition coefficient (Wildman–Crippen LogP) is 6.28. The zero-order chi connectivity index (χ0) is 14.0. The Hall–Kier alpha value is 0.420. The molecule has 0 radical (unpaired) electrons. The molecule has 1 heterocycles. The third-order valence-corrected chi connectivity index (χ3v) is 6.63. The summed E-state index contributed by atoms with van der Waals surface area (Å²) >= 11 is 21.3. The van der Waals surface area contributed by atoms with Gasteiger partial charge in [-0.2, -0.15) is 0 Å². The van der Waals surface area contributed by atoms with Crippen molar-refractivity contribution in [1.29, 1.82) is 0 Å². The van der Waals surface area contributed by atoms with Crippen molar-refractivity contribution in [2.75, 3.05) is 6.54 Å². The van der Waals surface area contributed by atoms with E-state index in [4.69, 9.17) is 23.2 Å². The molecule has 1 N–H and O–H groups in total. The molecule has 0 aliphatic carbocycles. The molecule has 0 fully saturated rings. The quantitative estimate of drug-likeness (QED) is 0.586. The Morgan fingerprint density at radius 2 is 1.89 bits per heavy atom. The van der Waals surface area contributed by atoms with E-state index in [2.05, 4.69) is 50.2 Å². The Balaban J connectivity index is 2.51. The summed E-state index contributed by atoms with van der Waals surface area (Å²) in [6.45, 7) is 2.90. The maximum atomic E-state index is 6.31. The van der Waals surface area contributed by atoms with Crippen LogP contribution >= 0.6 is 66.4 Å². The molecule has 0 saturated heterocycles. The van der Waals surface area contributed by atoms with Crippen molar-refractivity contribution in [1.82, 2.24) is 5.32 Å². The highest BCUT2D eigenvalue weighted by Crippen LogP contribution is 2.41. The topological polar surface area (TPSA) is 12.0 Å². The van der Waals surface area contributed by atoms with E-state index in [9.17, 15) is 0 Å². The molecule has 0 bridgehead atoms. The summed E-state index contributed by atoms with van der Waals surface area (Å²) < 4.78 is 2.10. The molecule has 0 spiro atoms. The zero-order valence-corrected chi connectivity index (χ0v) is 15.5. The molecule has 19 heavy (non-hydrogen) atoms. The van der Waals surface area contributed by atoms with Crippen molar-refractivity contribution in [2.24, 2.45) is 0 Å². The largest absolute Gasteiger partial charge is 0.306 e.